The highest BCUT2D eigenvalue weighted by Crippen LogP contribution is 2.17. The van der Waals surface area contributed by atoms with Crippen LogP contribution in [-0.2, 0) is 4.79 Å². The van der Waals surface area contributed by atoms with E-state index in [4.69, 9.17) is 5.11 Å². The van der Waals surface area contributed by atoms with E-state index in [9.17, 15) is 4.79 Å². The minimum absolute atomic E-state index is 0.0798. The molecule has 0 aromatic carbocycles. The van der Waals surface area contributed by atoms with E-state index >= 15 is 0 Å². The molecule has 0 fully saturated rings. The first-order valence-corrected chi connectivity index (χ1v) is 3.77. The highest BCUT2D eigenvalue weighted by atomic mass is 16.4. The van der Waals surface area contributed by atoms with Gasteiger partial charge in [-0.3, -0.25) is 0 Å². The van der Waals surface area contributed by atoms with E-state index in [1.165, 1.54) is 6.20 Å². The topological polar surface area (TPSA) is 56.3 Å². The number of aliphatic carboxylic acids is 1. The SMILES string of the molecule is O=C(O)C1=C(n2cccc2)C=C[N]1. The second-order valence-electron chi connectivity index (χ2n) is 2.57. The lowest BCUT2D eigenvalue weighted by molar-refractivity contribution is -0.132. The Balaban J connectivity index is 2.46. The molecular weight excluding hydrogens is 168 g/mol. The number of hydrogen-bond acceptors (Lipinski definition) is 1. The van der Waals surface area contributed by atoms with Crippen molar-refractivity contribution in [1.29, 1.82) is 0 Å². The van der Waals surface area contributed by atoms with Crippen LogP contribution in [0.25, 0.3) is 5.70 Å². The smallest absolute Gasteiger partial charge is 0.356 e. The van der Waals surface area contributed by atoms with Crippen LogP contribution in [0, 0.1) is 0 Å². The quantitative estimate of drug-likeness (QED) is 0.725. The van der Waals surface area contributed by atoms with Crippen LogP contribution < -0.4 is 5.32 Å². The van der Waals surface area contributed by atoms with E-state index in [0.29, 0.717) is 5.70 Å². The third kappa shape index (κ3) is 1.22. The Morgan fingerprint density at radius 2 is 2.08 bits per heavy atom. The molecule has 2 heterocycles. The van der Waals surface area contributed by atoms with Gasteiger partial charge in [-0.05, 0) is 18.2 Å². The normalized spacial score (nSPS) is 14.8. The molecule has 13 heavy (non-hydrogen) atoms. The largest absolute Gasteiger partial charge is 0.476 e. The summed E-state index contributed by atoms with van der Waals surface area (Å²) in [4.78, 5) is 10.7. The van der Waals surface area contributed by atoms with Crippen molar-refractivity contribution in [3.8, 4) is 0 Å². The summed E-state index contributed by atoms with van der Waals surface area (Å²) in [6, 6.07) is 3.66. The Labute approximate surface area is 74.8 Å². The Bertz CT molecular complexity index is 388. The van der Waals surface area contributed by atoms with E-state index in [0.717, 1.165) is 0 Å². The van der Waals surface area contributed by atoms with Gasteiger partial charge in [-0.15, -0.1) is 0 Å². The maximum Gasteiger partial charge on any atom is 0.356 e. The lowest BCUT2D eigenvalue weighted by Gasteiger charge is -2.02. The number of aromatic nitrogens is 1. The molecule has 1 aliphatic rings. The molecule has 4 heteroatoms. The average Bonchev–Trinajstić information content (AvgIpc) is 2.74. The van der Waals surface area contributed by atoms with Gasteiger partial charge >= 0.3 is 5.97 Å². The van der Waals surface area contributed by atoms with E-state index in [-0.39, 0.29) is 5.70 Å². The summed E-state index contributed by atoms with van der Waals surface area (Å²) in [5.74, 6) is -1.01. The van der Waals surface area contributed by atoms with Gasteiger partial charge in [0.1, 0.15) is 0 Å². The van der Waals surface area contributed by atoms with Gasteiger partial charge in [-0.1, -0.05) is 0 Å². The fourth-order valence-corrected chi connectivity index (χ4v) is 1.20. The summed E-state index contributed by atoms with van der Waals surface area (Å²) in [6.07, 6.45) is 6.72. The summed E-state index contributed by atoms with van der Waals surface area (Å²) in [6.45, 7) is 0. The van der Waals surface area contributed by atoms with Crippen molar-refractivity contribution in [2.24, 2.45) is 0 Å². The fourth-order valence-electron chi connectivity index (χ4n) is 1.20. The molecule has 4 nitrogen and oxygen atoms in total. The monoisotopic (exact) mass is 175 g/mol. The third-order valence-corrected chi connectivity index (χ3v) is 1.76. The number of rotatable bonds is 2. The first kappa shape index (κ1) is 7.67. The molecule has 1 aromatic rings. The van der Waals surface area contributed by atoms with Gasteiger partial charge in [0, 0.05) is 18.6 Å². The van der Waals surface area contributed by atoms with Crippen LogP contribution in [0.3, 0.4) is 0 Å². The number of carboxylic acid groups (broad SMARTS) is 1. The lowest BCUT2D eigenvalue weighted by Crippen LogP contribution is -2.09. The highest BCUT2D eigenvalue weighted by molar-refractivity contribution is 5.95. The molecule has 0 saturated carbocycles. The average molecular weight is 175 g/mol. The minimum Gasteiger partial charge on any atom is -0.476 e. The molecule has 1 N–H and O–H groups in total. The number of nitrogens with zero attached hydrogens (tertiary/aromatic N) is 2. The Kier molecular flexibility index (Phi) is 1.66. The van der Waals surface area contributed by atoms with Crippen LogP contribution >= 0.6 is 0 Å². The van der Waals surface area contributed by atoms with Crippen molar-refractivity contribution in [3.05, 3.63) is 42.5 Å². The predicted octanol–water partition coefficient (Wildman–Crippen LogP) is 0.873. The number of hydrogen-bond donors (Lipinski definition) is 1. The maximum atomic E-state index is 10.7. The Morgan fingerprint density at radius 1 is 1.38 bits per heavy atom. The molecule has 1 radical (unpaired) electrons. The molecule has 65 valence electrons. The Morgan fingerprint density at radius 3 is 2.69 bits per heavy atom. The maximum absolute atomic E-state index is 10.7. The molecule has 0 saturated heterocycles. The molecule has 0 spiro atoms. The first-order valence-electron chi connectivity index (χ1n) is 3.77. The van der Waals surface area contributed by atoms with Crippen molar-refractivity contribution in [2.75, 3.05) is 0 Å². The summed E-state index contributed by atoms with van der Waals surface area (Å²) in [7, 11) is 0. The van der Waals surface area contributed by atoms with E-state index < -0.39 is 5.97 Å². The lowest BCUT2D eigenvalue weighted by atomic mass is 10.3. The molecule has 0 amide bonds. The third-order valence-electron chi connectivity index (χ3n) is 1.76. The van der Waals surface area contributed by atoms with Crippen molar-refractivity contribution in [3.63, 3.8) is 0 Å². The second kappa shape index (κ2) is 2.82. The van der Waals surface area contributed by atoms with Crippen LogP contribution in [0.1, 0.15) is 0 Å². The molecule has 0 bridgehead atoms. The second-order valence-corrected chi connectivity index (χ2v) is 2.57. The summed E-state index contributed by atoms with van der Waals surface area (Å²) in [5, 5.41) is 12.5. The molecule has 0 atom stereocenters. The summed E-state index contributed by atoms with van der Waals surface area (Å²) >= 11 is 0. The minimum atomic E-state index is -1.01. The number of allylic oxidation sites excluding steroid dienone is 2. The number of carboxylic acids is 1. The Hall–Kier alpha value is -1.97. The number of carbonyl (C=O) groups is 1. The zero-order chi connectivity index (χ0) is 9.26. The van der Waals surface area contributed by atoms with Gasteiger partial charge in [0.15, 0.2) is 5.70 Å². The molecule has 2 rings (SSSR count). The van der Waals surface area contributed by atoms with Crippen molar-refractivity contribution < 1.29 is 9.90 Å². The molecule has 1 aromatic heterocycles. The zero-order valence-electron chi connectivity index (χ0n) is 6.71. The van der Waals surface area contributed by atoms with Crippen molar-refractivity contribution in [2.45, 2.75) is 0 Å². The van der Waals surface area contributed by atoms with Gasteiger partial charge in [-0.25, -0.2) is 10.1 Å². The van der Waals surface area contributed by atoms with E-state index in [1.807, 2.05) is 12.1 Å². The van der Waals surface area contributed by atoms with Crippen LogP contribution in [0.5, 0.6) is 0 Å². The molecule has 1 aliphatic heterocycles. The summed E-state index contributed by atoms with van der Waals surface area (Å²) < 4.78 is 1.72. The van der Waals surface area contributed by atoms with Gasteiger partial charge in [0.2, 0.25) is 0 Å². The highest BCUT2D eigenvalue weighted by Gasteiger charge is 2.17. The standard InChI is InChI=1S/C9H7N2O2/c12-9(13)8-7(3-4-10-8)11-5-1-2-6-11/h1-6H,(H,12,13). The molecule has 0 aliphatic carbocycles. The predicted molar refractivity (Wildman–Crippen MR) is 46.6 cm³/mol. The fraction of sp³-hybridized carbons (Fsp3) is 0. The van der Waals surface area contributed by atoms with Crippen molar-refractivity contribution in [1.82, 2.24) is 9.88 Å². The van der Waals surface area contributed by atoms with Gasteiger partial charge in [0.05, 0.1) is 5.70 Å². The first-order chi connectivity index (χ1) is 6.29. The van der Waals surface area contributed by atoms with Crippen LogP contribution in [0.2, 0.25) is 0 Å². The molecule has 0 unspecified atom stereocenters. The summed E-state index contributed by atoms with van der Waals surface area (Å²) in [5.41, 5.74) is 0.675. The van der Waals surface area contributed by atoms with Crippen molar-refractivity contribution >= 4 is 11.7 Å². The zero-order valence-corrected chi connectivity index (χ0v) is 6.71. The van der Waals surface area contributed by atoms with Crippen LogP contribution in [0.4, 0.5) is 0 Å². The van der Waals surface area contributed by atoms with Gasteiger partial charge < -0.3 is 9.67 Å². The van der Waals surface area contributed by atoms with Gasteiger partial charge in [-0.2, -0.15) is 0 Å². The molecular formula is C9H7N2O2. The van der Waals surface area contributed by atoms with Crippen LogP contribution in [-0.4, -0.2) is 15.6 Å². The van der Waals surface area contributed by atoms with E-state index in [1.54, 1.807) is 23.0 Å². The van der Waals surface area contributed by atoms with Gasteiger partial charge in [0.25, 0.3) is 0 Å². The van der Waals surface area contributed by atoms with Crippen LogP contribution in [0.15, 0.2) is 42.5 Å². The van der Waals surface area contributed by atoms with E-state index in [2.05, 4.69) is 5.32 Å².